The smallest absolute Gasteiger partial charge is 0.227 e. The zero-order valence-corrected chi connectivity index (χ0v) is 13.4. The molecule has 2 N–H and O–H groups in total. The molecule has 0 saturated heterocycles. The van der Waals surface area contributed by atoms with Crippen LogP contribution in [0.5, 0.6) is 0 Å². The molecule has 0 atom stereocenters. The molecule has 1 fully saturated rings. The number of nitrogens with zero attached hydrogens (tertiary/aromatic N) is 1. The minimum Gasteiger partial charge on any atom is -0.330 e. The first-order chi connectivity index (χ1) is 10.1. The number of aryl methyl sites for hydroxylation is 1. The van der Waals surface area contributed by atoms with Crippen LogP contribution in [0.3, 0.4) is 0 Å². The van der Waals surface area contributed by atoms with Crippen LogP contribution in [0.25, 0.3) is 0 Å². The van der Waals surface area contributed by atoms with Crippen molar-refractivity contribution < 1.29 is 4.79 Å². The Morgan fingerprint density at radius 1 is 1.19 bits per heavy atom. The van der Waals surface area contributed by atoms with Crippen LogP contribution >= 0.6 is 0 Å². The highest BCUT2D eigenvalue weighted by atomic mass is 16.2. The summed E-state index contributed by atoms with van der Waals surface area (Å²) in [6.45, 7) is 5.44. The second-order valence-electron chi connectivity index (χ2n) is 6.42. The lowest BCUT2D eigenvalue weighted by Crippen LogP contribution is -2.40. The molecule has 0 aliphatic heterocycles. The molecule has 116 valence electrons. The van der Waals surface area contributed by atoms with Crippen molar-refractivity contribution in [2.24, 2.45) is 11.1 Å². The summed E-state index contributed by atoms with van der Waals surface area (Å²) in [6, 6.07) is 8.19. The molecule has 0 radical (unpaired) electrons. The van der Waals surface area contributed by atoms with Crippen molar-refractivity contribution in [3.8, 4) is 0 Å². The van der Waals surface area contributed by atoms with Crippen molar-refractivity contribution >= 4 is 11.6 Å². The van der Waals surface area contributed by atoms with E-state index in [0.29, 0.717) is 19.5 Å². The Hall–Kier alpha value is -1.35. The monoisotopic (exact) mass is 288 g/mol. The number of carbonyl (C=O) groups is 1. The molecule has 21 heavy (non-hydrogen) atoms. The summed E-state index contributed by atoms with van der Waals surface area (Å²) in [5.74, 6) is 0.216. The molecule has 0 unspecified atom stereocenters. The summed E-state index contributed by atoms with van der Waals surface area (Å²) < 4.78 is 0. The minimum atomic E-state index is 0.0352. The van der Waals surface area contributed by atoms with Gasteiger partial charge in [-0.15, -0.1) is 0 Å². The van der Waals surface area contributed by atoms with E-state index in [9.17, 15) is 4.79 Å². The number of amides is 1. The first-order valence-corrected chi connectivity index (χ1v) is 8.17. The fourth-order valence-electron chi connectivity index (χ4n) is 3.40. The van der Waals surface area contributed by atoms with Gasteiger partial charge in [0.1, 0.15) is 0 Å². The molecule has 0 heterocycles. The van der Waals surface area contributed by atoms with Gasteiger partial charge in [-0.1, -0.05) is 37.0 Å². The van der Waals surface area contributed by atoms with E-state index in [-0.39, 0.29) is 11.3 Å². The largest absolute Gasteiger partial charge is 0.330 e. The molecule has 1 aliphatic rings. The van der Waals surface area contributed by atoms with E-state index in [4.69, 9.17) is 5.73 Å². The Morgan fingerprint density at radius 2 is 1.81 bits per heavy atom. The number of hydrogen-bond donors (Lipinski definition) is 1. The van der Waals surface area contributed by atoms with Crippen LogP contribution < -0.4 is 10.6 Å². The van der Waals surface area contributed by atoms with E-state index in [0.717, 1.165) is 18.5 Å². The molecule has 0 bridgehead atoms. The van der Waals surface area contributed by atoms with Crippen molar-refractivity contribution in [2.75, 3.05) is 18.0 Å². The Morgan fingerprint density at radius 3 is 2.33 bits per heavy atom. The number of hydrogen-bond acceptors (Lipinski definition) is 2. The summed E-state index contributed by atoms with van der Waals surface area (Å²) in [5.41, 5.74) is 8.26. The Labute approximate surface area is 128 Å². The van der Waals surface area contributed by atoms with Gasteiger partial charge in [-0.3, -0.25) is 4.79 Å². The van der Waals surface area contributed by atoms with E-state index in [1.54, 1.807) is 0 Å². The normalized spacial score (nSPS) is 17.5. The summed E-state index contributed by atoms with van der Waals surface area (Å²) >= 11 is 0. The topological polar surface area (TPSA) is 46.3 Å². The standard InChI is InChI=1S/C18H28N2O/c1-3-20(16-9-7-15(2)8-10-16)17(21)13-18(14-19)11-5-4-6-12-18/h7-10H,3-6,11-14,19H2,1-2H3. The Bertz CT molecular complexity index is 461. The van der Waals surface area contributed by atoms with Crippen molar-refractivity contribution in [2.45, 2.75) is 52.4 Å². The maximum absolute atomic E-state index is 12.8. The van der Waals surface area contributed by atoms with Crippen LogP contribution in [0.4, 0.5) is 5.69 Å². The van der Waals surface area contributed by atoms with Crippen molar-refractivity contribution in [3.63, 3.8) is 0 Å². The van der Waals surface area contributed by atoms with E-state index in [2.05, 4.69) is 19.1 Å². The van der Waals surface area contributed by atoms with Gasteiger partial charge in [0.2, 0.25) is 5.91 Å². The summed E-state index contributed by atoms with van der Waals surface area (Å²) in [4.78, 5) is 14.7. The van der Waals surface area contributed by atoms with E-state index < -0.39 is 0 Å². The molecular formula is C18H28N2O. The van der Waals surface area contributed by atoms with Crippen LogP contribution in [0, 0.1) is 12.3 Å². The summed E-state index contributed by atoms with van der Waals surface area (Å²) in [6.07, 6.45) is 6.49. The molecule has 0 spiro atoms. The van der Waals surface area contributed by atoms with Gasteiger partial charge in [-0.05, 0) is 50.8 Å². The lowest BCUT2D eigenvalue weighted by Gasteiger charge is -2.37. The molecular weight excluding hydrogens is 260 g/mol. The maximum Gasteiger partial charge on any atom is 0.227 e. The van der Waals surface area contributed by atoms with Gasteiger partial charge in [0, 0.05) is 18.7 Å². The van der Waals surface area contributed by atoms with Gasteiger partial charge in [0.05, 0.1) is 0 Å². The predicted octanol–water partition coefficient (Wildman–Crippen LogP) is 3.65. The van der Waals surface area contributed by atoms with Crippen LogP contribution in [0.2, 0.25) is 0 Å². The summed E-state index contributed by atoms with van der Waals surface area (Å²) in [7, 11) is 0. The highest BCUT2D eigenvalue weighted by Gasteiger charge is 2.34. The van der Waals surface area contributed by atoms with E-state index >= 15 is 0 Å². The van der Waals surface area contributed by atoms with Gasteiger partial charge in [0.25, 0.3) is 0 Å². The highest BCUT2D eigenvalue weighted by molar-refractivity contribution is 5.93. The number of carbonyl (C=O) groups excluding carboxylic acids is 1. The minimum absolute atomic E-state index is 0.0352. The average Bonchev–Trinajstić information content (AvgIpc) is 2.51. The third kappa shape index (κ3) is 3.85. The van der Waals surface area contributed by atoms with E-state index in [1.165, 1.54) is 24.8 Å². The molecule has 3 heteroatoms. The fraction of sp³-hybridized carbons (Fsp3) is 0.611. The Balaban J connectivity index is 2.10. The quantitative estimate of drug-likeness (QED) is 0.899. The molecule has 1 aromatic rings. The van der Waals surface area contributed by atoms with Gasteiger partial charge in [-0.2, -0.15) is 0 Å². The summed E-state index contributed by atoms with van der Waals surface area (Å²) in [5, 5.41) is 0. The van der Waals surface area contributed by atoms with E-state index in [1.807, 2.05) is 24.0 Å². The van der Waals surface area contributed by atoms with Crippen molar-refractivity contribution in [1.82, 2.24) is 0 Å². The van der Waals surface area contributed by atoms with Crippen molar-refractivity contribution in [3.05, 3.63) is 29.8 Å². The molecule has 2 rings (SSSR count). The third-order valence-corrected chi connectivity index (χ3v) is 4.84. The zero-order chi connectivity index (χ0) is 15.3. The van der Waals surface area contributed by atoms with Crippen LogP contribution in [0.15, 0.2) is 24.3 Å². The average molecular weight is 288 g/mol. The van der Waals surface area contributed by atoms with Gasteiger partial charge in [0.15, 0.2) is 0 Å². The lowest BCUT2D eigenvalue weighted by molar-refractivity contribution is -0.121. The lowest BCUT2D eigenvalue weighted by atomic mass is 9.71. The molecule has 3 nitrogen and oxygen atoms in total. The number of anilines is 1. The van der Waals surface area contributed by atoms with Gasteiger partial charge >= 0.3 is 0 Å². The van der Waals surface area contributed by atoms with Crippen molar-refractivity contribution in [1.29, 1.82) is 0 Å². The third-order valence-electron chi connectivity index (χ3n) is 4.84. The van der Waals surface area contributed by atoms with Gasteiger partial charge in [-0.25, -0.2) is 0 Å². The van der Waals surface area contributed by atoms with Crippen LogP contribution in [-0.4, -0.2) is 19.0 Å². The second-order valence-corrected chi connectivity index (χ2v) is 6.42. The number of rotatable bonds is 5. The van der Waals surface area contributed by atoms with Crippen LogP contribution in [0.1, 0.15) is 51.0 Å². The molecule has 1 saturated carbocycles. The molecule has 1 amide bonds. The zero-order valence-electron chi connectivity index (χ0n) is 13.4. The first-order valence-electron chi connectivity index (χ1n) is 8.17. The second kappa shape index (κ2) is 7.08. The molecule has 0 aromatic heterocycles. The predicted molar refractivity (Wildman–Crippen MR) is 88.4 cm³/mol. The van der Waals surface area contributed by atoms with Crippen LogP contribution in [-0.2, 0) is 4.79 Å². The van der Waals surface area contributed by atoms with Gasteiger partial charge < -0.3 is 10.6 Å². The maximum atomic E-state index is 12.8. The SMILES string of the molecule is CCN(C(=O)CC1(CN)CCCCC1)c1ccc(C)cc1. The number of benzene rings is 1. The number of nitrogens with two attached hydrogens (primary N) is 1. The Kier molecular flexibility index (Phi) is 5.40. The first kappa shape index (κ1) is 16.0. The molecule has 1 aromatic carbocycles. The fourth-order valence-corrected chi connectivity index (χ4v) is 3.40. The highest BCUT2D eigenvalue weighted by Crippen LogP contribution is 2.39. The molecule has 1 aliphatic carbocycles.